The minimum absolute atomic E-state index is 0.266. The van der Waals surface area contributed by atoms with Crippen molar-refractivity contribution in [1.29, 1.82) is 0 Å². The van der Waals surface area contributed by atoms with Crippen molar-refractivity contribution in [2.45, 2.75) is 127 Å². The number of hydrogen-bond acceptors (Lipinski definition) is 16. The molecule has 4 aliphatic rings. The number of rotatable bonds is 9. The minimum atomic E-state index is -1.29. The van der Waals surface area contributed by atoms with Gasteiger partial charge in [-0.15, -0.1) is 0 Å². The van der Waals surface area contributed by atoms with Gasteiger partial charge in [0.2, 0.25) is 0 Å². The molecule has 4 aliphatic heterocycles. The lowest BCUT2D eigenvalue weighted by atomic mass is 9.99. The van der Waals surface area contributed by atoms with E-state index in [1.54, 1.807) is 27.7 Å². The lowest BCUT2D eigenvalue weighted by Gasteiger charge is -2.44. The summed E-state index contributed by atoms with van der Waals surface area (Å²) in [4.78, 5) is 47.9. The highest BCUT2D eigenvalue weighted by atomic mass is 32.2. The minimum Gasteiger partial charge on any atom is -0.463 e. The van der Waals surface area contributed by atoms with Crippen LogP contribution in [0, 0.1) is 0 Å². The van der Waals surface area contributed by atoms with Gasteiger partial charge in [0.15, 0.2) is 41.6 Å². The van der Waals surface area contributed by atoms with Crippen molar-refractivity contribution in [1.82, 2.24) is 4.72 Å². The molecule has 4 rings (SSSR count). The fraction of sp³-hybridized carbons (Fsp3) is 0.846. The molecule has 0 aromatic heterocycles. The Bertz CT molecular complexity index is 1040. The third-order valence-corrected chi connectivity index (χ3v) is 7.77. The van der Waals surface area contributed by atoms with Gasteiger partial charge in [-0.25, -0.2) is 0 Å². The highest BCUT2D eigenvalue weighted by molar-refractivity contribution is 7.97. The fourth-order valence-electron chi connectivity index (χ4n) is 5.29. The predicted octanol–water partition coefficient (Wildman–Crippen LogP) is 0.704. The molecule has 42 heavy (non-hydrogen) atoms. The molecule has 0 aromatic carbocycles. The second-order valence-corrected chi connectivity index (χ2v) is 12.2. The number of fused-ring (bicyclic) bond motifs is 1. The Hall–Kier alpha value is -2.05. The molecule has 4 heterocycles. The van der Waals surface area contributed by atoms with Crippen molar-refractivity contribution in [2.75, 3.05) is 13.2 Å². The van der Waals surface area contributed by atoms with Gasteiger partial charge >= 0.3 is 23.9 Å². The highest BCUT2D eigenvalue weighted by Crippen LogP contribution is 2.42. The summed E-state index contributed by atoms with van der Waals surface area (Å²) in [6.07, 6.45) is -7.15. The summed E-state index contributed by atoms with van der Waals surface area (Å²) in [5, 5.41) is 0. The van der Waals surface area contributed by atoms with Gasteiger partial charge in [0.1, 0.15) is 31.0 Å². The number of carbonyl (C=O) groups is 4. The molecular formula is C26H39NO14S. The van der Waals surface area contributed by atoms with Crippen LogP contribution in [0.4, 0.5) is 0 Å². The topological polar surface area (TPSA) is 173 Å². The van der Waals surface area contributed by atoms with E-state index in [1.807, 2.05) is 0 Å². The van der Waals surface area contributed by atoms with Crippen LogP contribution in [0.3, 0.4) is 0 Å². The van der Waals surface area contributed by atoms with E-state index in [2.05, 4.69) is 4.72 Å². The molecule has 0 saturated carbocycles. The summed E-state index contributed by atoms with van der Waals surface area (Å²) in [7, 11) is 0. The lowest BCUT2D eigenvalue weighted by Crippen LogP contribution is -2.62. The summed E-state index contributed by atoms with van der Waals surface area (Å²) < 4.78 is 61.3. The van der Waals surface area contributed by atoms with Gasteiger partial charge in [0.05, 0.1) is 12.6 Å². The molecule has 4 fully saturated rings. The van der Waals surface area contributed by atoms with Crippen LogP contribution in [0.15, 0.2) is 0 Å². The third kappa shape index (κ3) is 7.91. The molecule has 0 aliphatic carbocycles. The first-order valence-corrected chi connectivity index (χ1v) is 14.5. The Morgan fingerprint density at radius 2 is 1.38 bits per heavy atom. The molecule has 0 spiro atoms. The maximum absolute atomic E-state index is 12.2. The zero-order valence-electron chi connectivity index (χ0n) is 24.8. The first-order chi connectivity index (χ1) is 19.5. The van der Waals surface area contributed by atoms with Gasteiger partial charge in [0, 0.05) is 27.7 Å². The number of nitrogens with one attached hydrogen (secondary N) is 1. The molecule has 10 atom stereocenters. The third-order valence-electron chi connectivity index (χ3n) is 6.75. The Kier molecular flexibility index (Phi) is 10.1. The van der Waals surface area contributed by atoms with E-state index in [0.29, 0.717) is 0 Å². The maximum atomic E-state index is 12.2. The van der Waals surface area contributed by atoms with Gasteiger partial charge in [-0.3, -0.25) is 23.9 Å². The van der Waals surface area contributed by atoms with Crippen LogP contribution in [0.2, 0.25) is 0 Å². The van der Waals surface area contributed by atoms with E-state index < -0.39 is 95.9 Å². The summed E-state index contributed by atoms with van der Waals surface area (Å²) in [5.74, 6) is -4.45. The number of carbonyl (C=O) groups excluding carboxylic acids is 4. The lowest BCUT2D eigenvalue weighted by molar-refractivity contribution is -0.237. The largest absolute Gasteiger partial charge is 0.463 e. The van der Waals surface area contributed by atoms with E-state index in [-0.39, 0.29) is 13.2 Å². The summed E-state index contributed by atoms with van der Waals surface area (Å²) >= 11 is 1.01. The highest BCUT2D eigenvalue weighted by Gasteiger charge is 2.59. The molecule has 0 aromatic rings. The van der Waals surface area contributed by atoms with Crippen molar-refractivity contribution >= 4 is 35.8 Å². The van der Waals surface area contributed by atoms with E-state index in [4.69, 9.17) is 47.4 Å². The Labute approximate surface area is 247 Å². The zero-order chi connectivity index (χ0) is 31.0. The summed E-state index contributed by atoms with van der Waals surface area (Å²) in [5.41, 5.74) is -1.04. The van der Waals surface area contributed by atoms with Crippen LogP contribution in [-0.2, 0) is 66.5 Å². The molecule has 238 valence electrons. The van der Waals surface area contributed by atoms with Crippen molar-refractivity contribution in [2.24, 2.45) is 0 Å². The van der Waals surface area contributed by atoms with Crippen LogP contribution in [-0.4, -0.2) is 109 Å². The van der Waals surface area contributed by atoms with E-state index in [0.717, 1.165) is 25.8 Å². The SMILES string of the molecule is CC(=O)OC[C@H]1O[C@@H](SN[C@H]2[C@H]3OC(C)(C)O[C@H]3O[C@@H]2[C@H]2COC(C)(C)O2)[C@H](OC(C)=O)[C@@H](OC(C)=O)[C@@H]1OC(C)=O. The van der Waals surface area contributed by atoms with E-state index in [9.17, 15) is 19.2 Å². The molecule has 16 heteroatoms. The standard InChI is InChI=1S/C26H39NO14S/c1-11(28)32-9-15-19(34-12(2)29)21(35-13(3)30)22(36-14(4)31)24(37-15)42-27-17-18(16-10-33-25(5,6)39-16)38-23-20(17)40-26(7,8)41-23/h15-24,27H,9-10H2,1-8H3/t15-,16-,17-,18-,19-,20-,21+,22-,23-,24+/m1/s1. The van der Waals surface area contributed by atoms with Gasteiger partial charge in [-0.1, -0.05) is 0 Å². The summed E-state index contributed by atoms with van der Waals surface area (Å²) in [6, 6.07) is -0.531. The average molecular weight is 622 g/mol. The van der Waals surface area contributed by atoms with Crippen LogP contribution >= 0.6 is 11.9 Å². The van der Waals surface area contributed by atoms with Crippen molar-refractivity contribution < 1.29 is 66.5 Å². The van der Waals surface area contributed by atoms with E-state index >= 15 is 0 Å². The van der Waals surface area contributed by atoms with Crippen LogP contribution < -0.4 is 4.72 Å². The van der Waals surface area contributed by atoms with Gasteiger partial charge < -0.3 is 47.4 Å². The zero-order valence-corrected chi connectivity index (χ0v) is 25.6. The molecule has 15 nitrogen and oxygen atoms in total. The molecular weight excluding hydrogens is 582 g/mol. The van der Waals surface area contributed by atoms with Gasteiger partial charge in [-0.05, 0) is 39.6 Å². The molecule has 0 unspecified atom stereocenters. The molecule has 1 N–H and O–H groups in total. The van der Waals surface area contributed by atoms with E-state index in [1.165, 1.54) is 13.8 Å². The van der Waals surface area contributed by atoms with Crippen molar-refractivity contribution in [3.63, 3.8) is 0 Å². The quantitative estimate of drug-likeness (QED) is 0.216. The smallest absolute Gasteiger partial charge is 0.303 e. The van der Waals surface area contributed by atoms with Gasteiger partial charge in [-0.2, -0.15) is 0 Å². The van der Waals surface area contributed by atoms with Crippen LogP contribution in [0.1, 0.15) is 55.4 Å². The fourth-order valence-corrected chi connectivity index (χ4v) is 6.39. The van der Waals surface area contributed by atoms with Crippen LogP contribution in [0.5, 0.6) is 0 Å². The first kappa shape index (κ1) is 32.9. The predicted molar refractivity (Wildman–Crippen MR) is 140 cm³/mol. The summed E-state index contributed by atoms with van der Waals surface area (Å²) in [6.45, 7) is 11.8. The van der Waals surface area contributed by atoms with Crippen molar-refractivity contribution in [3.05, 3.63) is 0 Å². The first-order valence-electron chi connectivity index (χ1n) is 13.6. The maximum Gasteiger partial charge on any atom is 0.303 e. The monoisotopic (exact) mass is 621 g/mol. The average Bonchev–Trinajstić information content (AvgIpc) is 3.47. The molecule has 4 saturated heterocycles. The second-order valence-electron chi connectivity index (χ2n) is 11.3. The number of ether oxygens (including phenoxy) is 10. The number of esters is 4. The molecule has 0 amide bonds. The normalized spacial score (nSPS) is 38.4. The Morgan fingerprint density at radius 3 is 1.95 bits per heavy atom. The number of hydrogen-bond donors (Lipinski definition) is 1. The van der Waals surface area contributed by atoms with Gasteiger partial charge in [0.25, 0.3) is 0 Å². The second kappa shape index (κ2) is 12.9. The Morgan fingerprint density at radius 1 is 0.762 bits per heavy atom. The molecule has 0 bridgehead atoms. The Balaban J connectivity index is 1.61. The van der Waals surface area contributed by atoms with Crippen molar-refractivity contribution in [3.8, 4) is 0 Å². The molecule has 0 radical (unpaired) electrons. The van der Waals surface area contributed by atoms with Crippen LogP contribution in [0.25, 0.3) is 0 Å².